The Bertz CT molecular complexity index is 455. The highest BCUT2D eigenvalue weighted by Crippen LogP contribution is 2.19. The number of likely N-dealkylation sites (tertiary alicyclic amines) is 1. The van der Waals surface area contributed by atoms with Gasteiger partial charge in [0.05, 0.1) is 12.6 Å². The predicted molar refractivity (Wildman–Crippen MR) is 89.0 cm³/mol. The Morgan fingerprint density at radius 3 is 2.57 bits per heavy atom. The molecule has 2 rings (SSSR count). The van der Waals surface area contributed by atoms with Crippen LogP contribution in [-0.4, -0.2) is 36.5 Å². The molecule has 4 nitrogen and oxygen atoms in total. The SMILES string of the molecule is CCC(NC(=O)CN1CCC(N)CC1)c1ccc(Br)cc1. The molecule has 5 heteroatoms. The van der Waals surface area contributed by atoms with Gasteiger partial charge in [0, 0.05) is 23.6 Å². The van der Waals surface area contributed by atoms with Crippen molar-refractivity contribution in [2.24, 2.45) is 5.73 Å². The van der Waals surface area contributed by atoms with E-state index in [4.69, 9.17) is 5.73 Å². The molecule has 1 heterocycles. The van der Waals surface area contributed by atoms with E-state index >= 15 is 0 Å². The number of carbonyl (C=O) groups excluding carboxylic acids is 1. The quantitative estimate of drug-likeness (QED) is 0.854. The van der Waals surface area contributed by atoms with Crippen LogP contribution in [-0.2, 0) is 4.79 Å². The topological polar surface area (TPSA) is 58.4 Å². The van der Waals surface area contributed by atoms with E-state index < -0.39 is 0 Å². The average Bonchev–Trinajstić information content (AvgIpc) is 2.48. The molecule has 1 aliphatic heterocycles. The Morgan fingerprint density at radius 2 is 2.00 bits per heavy atom. The third kappa shape index (κ3) is 5.09. The van der Waals surface area contributed by atoms with Crippen LogP contribution >= 0.6 is 15.9 Å². The number of amides is 1. The summed E-state index contributed by atoms with van der Waals surface area (Å²) in [6.07, 6.45) is 2.85. The molecule has 0 spiro atoms. The summed E-state index contributed by atoms with van der Waals surface area (Å²) in [7, 11) is 0. The van der Waals surface area contributed by atoms with Gasteiger partial charge in [0.2, 0.25) is 5.91 Å². The summed E-state index contributed by atoms with van der Waals surface area (Å²) in [6, 6.07) is 8.51. The summed E-state index contributed by atoms with van der Waals surface area (Å²) < 4.78 is 1.05. The second-order valence-electron chi connectivity index (χ2n) is 5.69. The molecule has 0 radical (unpaired) electrons. The summed E-state index contributed by atoms with van der Waals surface area (Å²) in [6.45, 7) is 4.40. The first-order valence-corrected chi connectivity index (χ1v) is 8.40. The zero-order chi connectivity index (χ0) is 15.2. The third-order valence-corrected chi connectivity index (χ3v) is 4.54. The van der Waals surface area contributed by atoms with E-state index in [1.807, 2.05) is 12.1 Å². The van der Waals surface area contributed by atoms with Gasteiger partial charge >= 0.3 is 0 Å². The lowest BCUT2D eigenvalue weighted by atomic mass is 10.0. The van der Waals surface area contributed by atoms with Crippen LogP contribution < -0.4 is 11.1 Å². The number of hydrogen-bond donors (Lipinski definition) is 2. The minimum atomic E-state index is 0.0812. The lowest BCUT2D eigenvalue weighted by Crippen LogP contribution is -2.45. The van der Waals surface area contributed by atoms with Crippen molar-refractivity contribution in [3.63, 3.8) is 0 Å². The first kappa shape index (κ1) is 16.5. The van der Waals surface area contributed by atoms with Gasteiger partial charge < -0.3 is 11.1 Å². The van der Waals surface area contributed by atoms with E-state index in [9.17, 15) is 4.79 Å². The Labute approximate surface area is 135 Å². The zero-order valence-electron chi connectivity index (χ0n) is 12.5. The molecule has 1 atom stereocenters. The minimum Gasteiger partial charge on any atom is -0.348 e. The van der Waals surface area contributed by atoms with Crippen molar-refractivity contribution >= 4 is 21.8 Å². The molecular weight excluding hydrogens is 330 g/mol. The highest BCUT2D eigenvalue weighted by Gasteiger charge is 2.19. The van der Waals surface area contributed by atoms with Gasteiger partial charge in [0.25, 0.3) is 0 Å². The Balaban J connectivity index is 1.86. The average molecular weight is 354 g/mol. The summed E-state index contributed by atoms with van der Waals surface area (Å²) in [4.78, 5) is 14.4. The van der Waals surface area contributed by atoms with Crippen LogP contribution in [0.4, 0.5) is 0 Å². The van der Waals surface area contributed by atoms with Crippen molar-refractivity contribution in [1.29, 1.82) is 0 Å². The molecular formula is C16H24BrN3O. The molecule has 0 aromatic heterocycles. The van der Waals surface area contributed by atoms with Gasteiger partial charge in [-0.25, -0.2) is 0 Å². The molecule has 21 heavy (non-hydrogen) atoms. The maximum Gasteiger partial charge on any atom is 0.234 e. The van der Waals surface area contributed by atoms with Gasteiger partial charge in [-0.3, -0.25) is 9.69 Å². The van der Waals surface area contributed by atoms with E-state index in [1.165, 1.54) is 0 Å². The number of nitrogens with one attached hydrogen (secondary N) is 1. The second kappa shape index (κ2) is 7.92. The molecule has 1 unspecified atom stereocenters. The smallest absolute Gasteiger partial charge is 0.234 e. The summed E-state index contributed by atoms with van der Waals surface area (Å²) in [5.41, 5.74) is 7.04. The predicted octanol–water partition coefficient (Wildman–Crippen LogP) is 2.44. The lowest BCUT2D eigenvalue weighted by molar-refractivity contribution is -0.123. The molecule has 116 valence electrons. The fourth-order valence-corrected chi connectivity index (χ4v) is 2.93. The van der Waals surface area contributed by atoms with Crippen molar-refractivity contribution in [3.05, 3.63) is 34.3 Å². The molecule has 1 aromatic rings. The van der Waals surface area contributed by atoms with Crippen LogP contribution in [0.25, 0.3) is 0 Å². The molecule has 1 aromatic carbocycles. The number of nitrogens with zero attached hydrogens (tertiary/aromatic N) is 1. The van der Waals surface area contributed by atoms with E-state index in [-0.39, 0.29) is 11.9 Å². The molecule has 1 saturated heterocycles. The van der Waals surface area contributed by atoms with Crippen molar-refractivity contribution in [2.45, 2.75) is 38.3 Å². The monoisotopic (exact) mass is 353 g/mol. The largest absolute Gasteiger partial charge is 0.348 e. The second-order valence-corrected chi connectivity index (χ2v) is 6.61. The third-order valence-electron chi connectivity index (χ3n) is 4.02. The number of piperidine rings is 1. The van der Waals surface area contributed by atoms with E-state index in [2.05, 4.69) is 45.2 Å². The number of benzene rings is 1. The first-order valence-electron chi connectivity index (χ1n) is 7.61. The van der Waals surface area contributed by atoms with Crippen molar-refractivity contribution in [1.82, 2.24) is 10.2 Å². The summed E-state index contributed by atoms with van der Waals surface area (Å²) >= 11 is 3.43. The van der Waals surface area contributed by atoms with Gasteiger partial charge in [-0.05, 0) is 37.0 Å². The number of halogens is 1. The normalized spacial score (nSPS) is 18.4. The molecule has 0 aliphatic carbocycles. The van der Waals surface area contributed by atoms with Gasteiger partial charge in [-0.1, -0.05) is 35.0 Å². The molecule has 1 fully saturated rings. The number of nitrogens with two attached hydrogens (primary N) is 1. The van der Waals surface area contributed by atoms with Crippen LogP contribution in [0.1, 0.15) is 37.8 Å². The Kier molecular flexibility index (Phi) is 6.21. The number of hydrogen-bond acceptors (Lipinski definition) is 3. The first-order chi connectivity index (χ1) is 10.1. The molecule has 0 bridgehead atoms. The van der Waals surface area contributed by atoms with E-state index in [1.54, 1.807) is 0 Å². The molecule has 0 saturated carbocycles. The fraction of sp³-hybridized carbons (Fsp3) is 0.562. The maximum atomic E-state index is 12.2. The number of rotatable bonds is 5. The van der Waals surface area contributed by atoms with Crippen molar-refractivity contribution < 1.29 is 4.79 Å². The van der Waals surface area contributed by atoms with Gasteiger partial charge in [-0.15, -0.1) is 0 Å². The molecule has 1 aliphatic rings. The Hall–Kier alpha value is -0.910. The van der Waals surface area contributed by atoms with Crippen LogP contribution in [0, 0.1) is 0 Å². The van der Waals surface area contributed by atoms with Crippen LogP contribution in [0.3, 0.4) is 0 Å². The number of carbonyl (C=O) groups is 1. The van der Waals surface area contributed by atoms with E-state index in [0.717, 1.165) is 42.4 Å². The fourth-order valence-electron chi connectivity index (χ4n) is 2.67. The van der Waals surface area contributed by atoms with Crippen LogP contribution in [0.5, 0.6) is 0 Å². The highest BCUT2D eigenvalue weighted by molar-refractivity contribution is 9.10. The summed E-state index contributed by atoms with van der Waals surface area (Å²) in [5.74, 6) is 0.0974. The van der Waals surface area contributed by atoms with Crippen molar-refractivity contribution in [3.8, 4) is 0 Å². The summed E-state index contributed by atoms with van der Waals surface area (Å²) in [5, 5.41) is 3.13. The minimum absolute atomic E-state index is 0.0812. The molecule has 1 amide bonds. The van der Waals surface area contributed by atoms with Gasteiger partial charge in [0.1, 0.15) is 0 Å². The standard InChI is InChI=1S/C16H24BrN3O/c1-2-15(12-3-5-13(17)6-4-12)19-16(21)11-20-9-7-14(18)8-10-20/h3-6,14-15H,2,7-11,18H2,1H3,(H,19,21). The van der Waals surface area contributed by atoms with Gasteiger partial charge in [0.15, 0.2) is 0 Å². The van der Waals surface area contributed by atoms with Crippen LogP contribution in [0.15, 0.2) is 28.7 Å². The molecule has 3 N–H and O–H groups in total. The Morgan fingerprint density at radius 1 is 1.38 bits per heavy atom. The zero-order valence-corrected chi connectivity index (χ0v) is 14.1. The van der Waals surface area contributed by atoms with Crippen LogP contribution in [0.2, 0.25) is 0 Å². The van der Waals surface area contributed by atoms with E-state index in [0.29, 0.717) is 12.6 Å². The maximum absolute atomic E-state index is 12.2. The van der Waals surface area contributed by atoms with Gasteiger partial charge in [-0.2, -0.15) is 0 Å². The highest BCUT2D eigenvalue weighted by atomic mass is 79.9. The lowest BCUT2D eigenvalue weighted by Gasteiger charge is -2.30. The van der Waals surface area contributed by atoms with Crippen molar-refractivity contribution in [2.75, 3.05) is 19.6 Å².